The van der Waals surface area contributed by atoms with E-state index in [1.807, 2.05) is 11.0 Å². The predicted octanol–water partition coefficient (Wildman–Crippen LogP) is 3.65. The van der Waals surface area contributed by atoms with Gasteiger partial charge in [0, 0.05) is 18.7 Å². The van der Waals surface area contributed by atoms with Gasteiger partial charge in [0.2, 0.25) is 11.8 Å². The lowest BCUT2D eigenvalue weighted by atomic mass is 9.93. The Morgan fingerprint density at radius 2 is 2.04 bits per heavy atom. The van der Waals surface area contributed by atoms with Crippen molar-refractivity contribution in [1.29, 1.82) is 0 Å². The smallest absolute Gasteiger partial charge is 0.228 e. The third-order valence-corrected chi connectivity index (χ3v) is 5.57. The molecule has 0 aliphatic carbocycles. The molecule has 0 radical (unpaired) electrons. The second kappa shape index (κ2) is 6.94. The highest BCUT2D eigenvalue weighted by atomic mass is 16.2. The molecule has 0 saturated carbocycles. The fourth-order valence-electron chi connectivity index (χ4n) is 4.14. The van der Waals surface area contributed by atoms with E-state index >= 15 is 0 Å². The number of hydrogen-bond acceptors (Lipinski definition) is 2. The van der Waals surface area contributed by atoms with Crippen molar-refractivity contribution in [2.24, 2.45) is 0 Å². The van der Waals surface area contributed by atoms with Crippen LogP contribution in [0.3, 0.4) is 0 Å². The third kappa shape index (κ3) is 3.24. The third-order valence-electron chi connectivity index (χ3n) is 5.57. The lowest BCUT2D eigenvalue weighted by Gasteiger charge is -2.35. The fraction of sp³-hybridized carbons (Fsp3) is 0.364. The Balaban J connectivity index is 1.34. The Bertz CT molecular complexity index is 859. The standard InChI is InChI=1S/C22H24N2O2/c1-15-19-7-3-2-6-17(19)11-12-24(15)22(26)8-4-5-16-9-10-20-18(13-16)14-21(25)23-20/h2-3,6-7,9-10,13,15H,4-5,8,11-12,14H2,1H3,(H,23,25)/t15-/m1/s1. The molecular weight excluding hydrogens is 324 g/mol. The maximum Gasteiger partial charge on any atom is 0.228 e. The summed E-state index contributed by atoms with van der Waals surface area (Å²) in [6.07, 6.45) is 3.68. The topological polar surface area (TPSA) is 49.4 Å². The number of nitrogens with zero attached hydrogens (tertiary/aromatic N) is 1. The predicted molar refractivity (Wildman–Crippen MR) is 102 cm³/mol. The summed E-state index contributed by atoms with van der Waals surface area (Å²) in [5.74, 6) is 0.303. The molecule has 0 spiro atoms. The molecule has 4 rings (SSSR count). The van der Waals surface area contributed by atoms with Gasteiger partial charge in [0.15, 0.2) is 0 Å². The monoisotopic (exact) mass is 348 g/mol. The number of carbonyl (C=O) groups is 2. The fourth-order valence-corrected chi connectivity index (χ4v) is 4.14. The molecular formula is C22H24N2O2. The zero-order valence-corrected chi connectivity index (χ0v) is 15.1. The second-order valence-corrected chi connectivity index (χ2v) is 7.28. The summed E-state index contributed by atoms with van der Waals surface area (Å²) in [5, 5.41) is 2.86. The van der Waals surface area contributed by atoms with Crippen molar-refractivity contribution in [1.82, 2.24) is 4.90 Å². The maximum absolute atomic E-state index is 12.7. The first-order chi connectivity index (χ1) is 12.6. The molecule has 0 bridgehead atoms. The van der Waals surface area contributed by atoms with Crippen LogP contribution in [0, 0.1) is 0 Å². The average Bonchev–Trinajstić information content (AvgIpc) is 3.01. The summed E-state index contributed by atoms with van der Waals surface area (Å²) < 4.78 is 0. The van der Waals surface area contributed by atoms with Crippen LogP contribution in [-0.4, -0.2) is 23.3 Å². The molecule has 0 fully saturated rings. The molecule has 2 aromatic carbocycles. The van der Waals surface area contributed by atoms with Crippen molar-refractivity contribution in [3.8, 4) is 0 Å². The van der Waals surface area contributed by atoms with Crippen molar-refractivity contribution in [2.45, 2.75) is 45.1 Å². The van der Waals surface area contributed by atoms with Gasteiger partial charge in [0.25, 0.3) is 0 Å². The van der Waals surface area contributed by atoms with Gasteiger partial charge in [-0.15, -0.1) is 0 Å². The number of anilines is 1. The molecule has 0 aromatic heterocycles. The van der Waals surface area contributed by atoms with Crippen LogP contribution >= 0.6 is 0 Å². The van der Waals surface area contributed by atoms with E-state index in [0.29, 0.717) is 12.8 Å². The van der Waals surface area contributed by atoms with Gasteiger partial charge in [-0.05, 0) is 54.5 Å². The number of hydrogen-bond donors (Lipinski definition) is 1. The summed E-state index contributed by atoms with van der Waals surface area (Å²) in [5.41, 5.74) is 5.84. The molecule has 26 heavy (non-hydrogen) atoms. The van der Waals surface area contributed by atoms with Gasteiger partial charge in [-0.2, -0.15) is 0 Å². The molecule has 2 amide bonds. The van der Waals surface area contributed by atoms with Gasteiger partial charge in [-0.1, -0.05) is 36.4 Å². The minimum Gasteiger partial charge on any atom is -0.336 e. The van der Waals surface area contributed by atoms with E-state index in [4.69, 9.17) is 0 Å². The maximum atomic E-state index is 12.7. The van der Waals surface area contributed by atoms with Gasteiger partial charge in [-0.3, -0.25) is 9.59 Å². The summed E-state index contributed by atoms with van der Waals surface area (Å²) in [6, 6.07) is 14.7. The highest BCUT2D eigenvalue weighted by Gasteiger charge is 2.26. The van der Waals surface area contributed by atoms with E-state index < -0.39 is 0 Å². The number of amides is 2. The van der Waals surface area contributed by atoms with Crippen LogP contribution in [0.25, 0.3) is 0 Å². The Labute approximate surface area is 154 Å². The molecule has 2 heterocycles. The lowest BCUT2D eigenvalue weighted by molar-refractivity contribution is -0.133. The van der Waals surface area contributed by atoms with Crippen molar-refractivity contribution in [3.05, 3.63) is 64.7 Å². The van der Waals surface area contributed by atoms with Gasteiger partial charge in [-0.25, -0.2) is 0 Å². The van der Waals surface area contributed by atoms with Crippen LogP contribution in [0.4, 0.5) is 5.69 Å². The number of rotatable bonds is 4. The second-order valence-electron chi connectivity index (χ2n) is 7.28. The summed E-state index contributed by atoms with van der Waals surface area (Å²) in [7, 11) is 0. The number of fused-ring (bicyclic) bond motifs is 2. The normalized spacial score (nSPS) is 18.3. The van der Waals surface area contributed by atoms with Gasteiger partial charge >= 0.3 is 0 Å². The Morgan fingerprint density at radius 3 is 2.92 bits per heavy atom. The zero-order valence-electron chi connectivity index (χ0n) is 15.1. The van der Waals surface area contributed by atoms with Crippen LogP contribution < -0.4 is 5.32 Å². The van der Waals surface area contributed by atoms with E-state index in [9.17, 15) is 9.59 Å². The first kappa shape index (κ1) is 16.8. The quantitative estimate of drug-likeness (QED) is 0.917. The van der Waals surface area contributed by atoms with Gasteiger partial charge in [0.1, 0.15) is 0 Å². The van der Waals surface area contributed by atoms with Gasteiger partial charge < -0.3 is 10.2 Å². The number of nitrogens with one attached hydrogen (secondary N) is 1. The van der Waals surface area contributed by atoms with E-state index in [-0.39, 0.29) is 17.9 Å². The van der Waals surface area contributed by atoms with Crippen molar-refractivity contribution in [2.75, 3.05) is 11.9 Å². The summed E-state index contributed by atoms with van der Waals surface area (Å²) >= 11 is 0. The number of aryl methyl sites for hydroxylation is 1. The summed E-state index contributed by atoms with van der Waals surface area (Å²) in [4.78, 5) is 26.2. The van der Waals surface area contributed by atoms with E-state index in [1.54, 1.807) is 0 Å². The SMILES string of the molecule is C[C@@H]1c2ccccc2CCN1C(=O)CCCc1ccc2c(c1)CC(=O)N2. The number of benzene rings is 2. The Kier molecular flexibility index (Phi) is 4.49. The minimum atomic E-state index is 0.0618. The van der Waals surface area contributed by atoms with Crippen LogP contribution in [0.2, 0.25) is 0 Å². The van der Waals surface area contributed by atoms with Crippen molar-refractivity contribution in [3.63, 3.8) is 0 Å². The van der Waals surface area contributed by atoms with E-state index in [1.165, 1.54) is 16.7 Å². The molecule has 2 aromatic rings. The van der Waals surface area contributed by atoms with Crippen LogP contribution in [0.15, 0.2) is 42.5 Å². The molecule has 4 heteroatoms. The molecule has 1 atom stereocenters. The largest absolute Gasteiger partial charge is 0.336 e. The first-order valence-electron chi connectivity index (χ1n) is 9.41. The average molecular weight is 348 g/mol. The summed E-state index contributed by atoms with van der Waals surface area (Å²) in [6.45, 7) is 2.93. The van der Waals surface area contributed by atoms with Crippen molar-refractivity contribution >= 4 is 17.5 Å². The molecule has 134 valence electrons. The molecule has 2 aliphatic rings. The Hall–Kier alpha value is -2.62. The highest BCUT2D eigenvalue weighted by molar-refractivity contribution is 5.99. The van der Waals surface area contributed by atoms with Crippen LogP contribution in [-0.2, 0) is 28.9 Å². The molecule has 0 unspecified atom stereocenters. The number of carbonyl (C=O) groups excluding carboxylic acids is 2. The lowest BCUT2D eigenvalue weighted by Crippen LogP contribution is -2.38. The molecule has 2 aliphatic heterocycles. The first-order valence-corrected chi connectivity index (χ1v) is 9.41. The van der Waals surface area contributed by atoms with Crippen LogP contribution in [0.1, 0.15) is 48.1 Å². The van der Waals surface area contributed by atoms with E-state index in [0.717, 1.165) is 37.1 Å². The van der Waals surface area contributed by atoms with Gasteiger partial charge in [0.05, 0.1) is 12.5 Å². The minimum absolute atomic E-state index is 0.0618. The molecule has 0 saturated heterocycles. The van der Waals surface area contributed by atoms with Crippen LogP contribution in [0.5, 0.6) is 0 Å². The zero-order chi connectivity index (χ0) is 18.1. The molecule has 1 N–H and O–H groups in total. The van der Waals surface area contributed by atoms with Crippen molar-refractivity contribution < 1.29 is 9.59 Å². The van der Waals surface area contributed by atoms with E-state index in [2.05, 4.69) is 48.6 Å². The highest BCUT2D eigenvalue weighted by Crippen LogP contribution is 2.30. The Morgan fingerprint density at radius 1 is 1.19 bits per heavy atom. The molecule has 4 nitrogen and oxygen atoms in total.